The van der Waals surface area contributed by atoms with E-state index in [0.29, 0.717) is 0 Å². The summed E-state index contributed by atoms with van der Waals surface area (Å²) in [5.74, 6) is -1.92. The van der Waals surface area contributed by atoms with Crippen molar-refractivity contribution < 1.29 is 28.2 Å². The van der Waals surface area contributed by atoms with E-state index in [0.717, 1.165) is 17.6 Å². The number of methoxy groups -OCH3 is 2. The normalized spacial score (nSPS) is 10.2. The molecule has 0 amide bonds. The van der Waals surface area contributed by atoms with Gasteiger partial charge in [0, 0.05) is 5.56 Å². The molecular weight excluding hydrogens is 327 g/mol. The van der Waals surface area contributed by atoms with Crippen molar-refractivity contribution in [3.05, 3.63) is 40.7 Å². The molecule has 23 heavy (non-hydrogen) atoms. The molecule has 1 heterocycles. The van der Waals surface area contributed by atoms with Gasteiger partial charge in [-0.1, -0.05) is 0 Å². The first-order chi connectivity index (χ1) is 11.0. The van der Waals surface area contributed by atoms with Gasteiger partial charge in [-0.2, -0.15) is 4.37 Å². The zero-order chi connectivity index (χ0) is 17.0. The highest BCUT2D eigenvalue weighted by molar-refractivity contribution is 7.10. The molecule has 0 atom stereocenters. The van der Waals surface area contributed by atoms with Gasteiger partial charge in [0.2, 0.25) is 5.88 Å². The minimum atomic E-state index is -0.699. The Morgan fingerprint density at radius 1 is 1.26 bits per heavy atom. The molecule has 2 rings (SSSR count). The van der Waals surface area contributed by atoms with Crippen molar-refractivity contribution in [3.63, 3.8) is 0 Å². The quantitative estimate of drug-likeness (QED) is 0.831. The van der Waals surface area contributed by atoms with Crippen LogP contribution in [0.3, 0.4) is 0 Å². The highest BCUT2D eigenvalue weighted by Crippen LogP contribution is 2.29. The van der Waals surface area contributed by atoms with Crippen LogP contribution in [0, 0.1) is 5.82 Å². The fraction of sp³-hybridized carbons (Fsp3) is 0.214. The van der Waals surface area contributed by atoms with E-state index in [-0.39, 0.29) is 34.2 Å². The maximum atomic E-state index is 13.8. The second kappa shape index (κ2) is 7.05. The molecule has 2 aromatic rings. The fourth-order valence-corrected chi connectivity index (χ4v) is 2.34. The van der Waals surface area contributed by atoms with Crippen LogP contribution in [0.15, 0.2) is 18.2 Å². The highest BCUT2D eigenvalue weighted by Gasteiger charge is 2.22. The van der Waals surface area contributed by atoms with Crippen LogP contribution < -0.4 is 10.5 Å². The lowest BCUT2D eigenvalue weighted by Gasteiger charge is -2.08. The molecule has 0 bridgehead atoms. The van der Waals surface area contributed by atoms with E-state index in [1.807, 2.05) is 0 Å². The van der Waals surface area contributed by atoms with E-state index >= 15 is 0 Å². The summed E-state index contributed by atoms with van der Waals surface area (Å²) in [7, 11) is 2.42. The van der Waals surface area contributed by atoms with Gasteiger partial charge in [0.05, 0.1) is 19.8 Å². The zero-order valence-corrected chi connectivity index (χ0v) is 13.1. The van der Waals surface area contributed by atoms with Crippen molar-refractivity contribution in [2.75, 3.05) is 20.0 Å². The van der Waals surface area contributed by atoms with E-state index in [9.17, 15) is 14.0 Å². The molecular formula is C14H13FN2O5S. The first kappa shape index (κ1) is 16.7. The molecule has 9 heteroatoms. The number of carbonyl (C=O) groups excluding carboxylic acids is 2. The zero-order valence-electron chi connectivity index (χ0n) is 12.3. The summed E-state index contributed by atoms with van der Waals surface area (Å²) in [5, 5.41) is 0.135. The average molecular weight is 340 g/mol. The Morgan fingerprint density at radius 3 is 2.61 bits per heavy atom. The number of ether oxygens (including phenoxy) is 3. The van der Waals surface area contributed by atoms with Crippen molar-refractivity contribution in [1.29, 1.82) is 0 Å². The Hall–Kier alpha value is -2.68. The first-order valence-electron chi connectivity index (χ1n) is 6.31. The molecule has 0 saturated carbocycles. The predicted octanol–water partition coefficient (Wildman–Crippen LogP) is 2.02. The molecule has 0 aliphatic carbocycles. The number of anilines is 1. The molecule has 0 saturated heterocycles. The number of hydrogen-bond acceptors (Lipinski definition) is 8. The van der Waals surface area contributed by atoms with E-state index < -0.39 is 17.8 Å². The molecule has 7 nitrogen and oxygen atoms in total. The molecule has 0 fully saturated rings. The lowest BCUT2D eigenvalue weighted by Crippen LogP contribution is -2.08. The molecule has 0 aliphatic rings. The summed E-state index contributed by atoms with van der Waals surface area (Å²) in [5.41, 5.74) is 5.91. The average Bonchev–Trinajstić information content (AvgIpc) is 2.93. The van der Waals surface area contributed by atoms with Crippen molar-refractivity contribution in [2.24, 2.45) is 0 Å². The maximum absolute atomic E-state index is 13.8. The summed E-state index contributed by atoms with van der Waals surface area (Å²) in [6.07, 6.45) is 0. The third-order valence-corrected chi connectivity index (χ3v) is 3.57. The summed E-state index contributed by atoms with van der Waals surface area (Å²) in [6, 6.07) is 3.72. The molecule has 2 N–H and O–H groups in total. The van der Waals surface area contributed by atoms with Gasteiger partial charge in [-0.15, -0.1) is 0 Å². The number of nitrogens with two attached hydrogens (primary N) is 1. The van der Waals surface area contributed by atoms with Crippen molar-refractivity contribution in [3.8, 4) is 5.88 Å². The third-order valence-electron chi connectivity index (χ3n) is 2.91. The number of nitrogen functional groups attached to an aromatic ring is 1. The smallest absolute Gasteiger partial charge is 0.346 e. The number of halogens is 1. The molecule has 1 aromatic carbocycles. The number of hydrogen-bond donors (Lipinski definition) is 1. The van der Waals surface area contributed by atoms with Gasteiger partial charge in [-0.05, 0) is 29.7 Å². The number of carbonyl (C=O) groups is 2. The number of esters is 2. The standard InChI is InChI=1S/C14H13FN2O5S/c1-20-13(18)7-3-4-9(15)8(5-7)6-22-12-10(14(19)21-2)11(16)23-17-12/h3-5H,6,16H2,1-2H3. The predicted molar refractivity (Wildman–Crippen MR) is 79.9 cm³/mol. The van der Waals surface area contributed by atoms with Gasteiger partial charge >= 0.3 is 11.9 Å². The summed E-state index contributed by atoms with van der Waals surface area (Å²) < 4.78 is 32.2. The van der Waals surface area contributed by atoms with Gasteiger partial charge in [0.25, 0.3) is 0 Å². The molecule has 0 radical (unpaired) electrons. The van der Waals surface area contributed by atoms with Crippen LogP contribution in [0.25, 0.3) is 0 Å². The van der Waals surface area contributed by atoms with Gasteiger partial charge in [-0.25, -0.2) is 14.0 Å². The number of aromatic nitrogens is 1. The SMILES string of the molecule is COC(=O)c1ccc(F)c(COc2nsc(N)c2C(=O)OC)c1. The lowest BCUT2D eigenvalue weighted by atomic mass is 10.1. The first-order valence-corrected chi connectivity index (χ1v) is 7.08. The molecule has 122 valence electrons. The van der Waals surface area contributed by atoms with Crippen molar-refractivity contribution in [2.45, 2.75) is 6.61 Å². The van der Waals surface area contributed by atoms with Crippen molar-refractivity contribution >= 4 is 28.5 Å². The van der Waals surface area contributed by atoms with Crippen LogP contribution >= 0.6 is 11.5 Å². The Balaban J connectivity index is 2.22. The Labute approximate surface area is 134 Å². The largest absolute Gasteiger partial charge is 0.471 e. The monoisotopic (exact) mass is 340 g/mol. The second-order valence-corrected chi connectivity index (χ2v) is 5.11. The van der Waals surface area contributed by atoms with Gasteiger partial charge in [0.1, 0.15) is 17.4 Å². The van der Waals surface area contributed by atoms with Crippen LogP contribution in [0.5, 0.6) is 5.88 Å². The van der Waals surface area contributed by atoms with Gasteiger partial charge in [-0.3, -0.25) is 0 Å². The van der Waals surface area contributed by atoms with Gasteiger partial charge in [0.15, 0.2) is 5.56 Å². The summed E-state index contributed by atoms with van der Waals surface area (Å²) >= 11 is 0.860. The molecule has 0 aliphatic heterocycles. The Kier molecular flexibility index (Phi) is 5.12. The minimum Gasteiger partial charge on any atom is -0.471 e. The number of nitrogens with zero attached hydrogens (tertiary/aromatic N) is 1. The molecule has 1 aromatic heterocycles. The Bertz CT molecular complexity index is 747. The minimum absolute atomic E-state index is 0.0120. The van der Waals surface area contributed by atoms with Crippen LogP contribution in [0.4, 0.5) is 9.39 Å². The molecule has 0 unspecified atom stereocenters. The third kappa shape index (κ3) is 3.57. The van der Waals surface area contributed by atoms with E-state index in [4.69, 9.17) is 10.5 Å². The fourth-order valence-electron chi connectivity index (χ4n) is 1.75. The topological polar surface area (TPSA) is 101 Å². The number of rotatable bonds is 5. The van der Waals surface area contributed by atoms with E-state index in [1.165, 1.54) is 26.4 Å². The van der Waals surface area contributed by atoms with Crippen LogP contribution in [0.2, 0.25) is 0 Å². The Morgan fingerprint density at radius 2 is 1.96 bits per heavy atom. The number of benzene rings is 1. The summed E-state index contributed by atoms with van der Waals surface area (Å²) in [4.78, 5) is 23.1. The van der Waals surface area contributed by atoms with Crippen molar-refractivity contribution in [1.82, 2.24) is 4.37 Å². The maximum Gasteiger partial charge on any atom is 0.346 e. The molecule has 0 spiro atoms. The van der Waals surface area contributed by atoms with Gasteiger partial charge < -0.3 is 19.9 Å². The second-order valence-electron chi connectivity index (χ2n) is 4.31. The lowest BCUT2D eigenvalue weighted by molar-refractivity contribution is 0.0590. The van der Waals surface area contributed by atoms with Crippen LogP contribution in [0.1, 0.15) is 26.3 Å². The summed E-state index contributed by atoms with van der Waals surface area (Å²) in [6.45, 7) is -0.246. The van der Waals surface area contributed by atoms with Crippen LogP contribution in [-0.2, 0) is 16.1 Å². The van der Waals surface area contributed by atoms with Crippen LogP contribution in [-0.4, -0.2) is 30.5 Å². The van der Waals surface area contributed by atoms with E-state index in [2.05, 4.69) is 13.8 Å². The van der Waals surface area contributed by atoms with E-state index in [1.54, 1.807) is 0 Å². The highest BCUT2D eigenvalue weighted by atomic mass is 32.1.